The molecule has 1 aliphatic rings. The zero-order valence-electron chi connectivity index (χ0n) is 14.6. The van der Waals surface area contributed by atoms with Crippen molar-refractivity contribution in [3.05, 3.63) is 24.3 Å². The largest absolute Gasteiger partial charge is 0.326 e. The van der Waals surface area contributed by atoms with Crippen molar-refractivity contribution in [2.45, 2.75) is 40.0 Å². The Morgan fingerprint density at radius 2 is 1.75 bits per heavy atom. The second kappa shape index (κ2) is 9.04. The minimum atomic E-state index is -0.359. The Balaban J connectivity index is 0.00000288. The van der Waals surface area contributed by atoms with Crippen molar-refractivity contribution in [2.75, 3.05) is 23.7 Å². The van der Waals surface area contributed by atoms with Crippen LogP contribution in [0.4, 0.5) is 11.4 Å². The van der Waals surface area contributed by atoms with Crippen molar-refractivity contribution in [1.82, 2.24) is 5.32 Å². The van der Waals surface area contributed by atoms with Crippen molar-refractivity contribution in [1.29, 1.82) is 0 Å². The topological polar surface area (TPSA) is 70.2 Å². The molecule has 24 heavy (non-hydrogen) atoms. The highest BCUT2D eigenvalue weighted by Gasteiger charge is 2.34. The summed E-state index contributed by atoms with van der Waals surface area (Å²) in [4.78, 5) is 24.2. The molecule has 5 nitrogen and oxygen atoms in total. The van der Waals surface area contributed by atoms with Crippen LogP contribution >= 0.6 is 12.4 Å². The molecule has 0 radical (unpaired) electrons. The van der Waals surface area contributed by atoms with Crippen LogP contribution in [0.15, 0.2) is 24.3 Å². The molecule has 0 saturated carbocycles. The van der Waals surface area contributed by atoms with Crippen LogP contribution in [0.1, 0.15) is 40.0 Å². The normalized spacial score (nSPS) is 20.2. The smallest absolute Gasteiger partial charge is 0.231 e. The Hall–Kier alpha value is -1.59. The summed E-state index contributed by atoms with van der Waals surface area (Å²) in [5.74, 6) is 0.386. The van der Waals surface area contributed by atoms with E-state index in [0.717, 1.165) is 30.8 Å². The standard InChI is InChI=1S/C18H27N3O2.ClH/c1-13(2)11-16(22)20-14-5-7-15(8-6-14)21-17(23)18(3)9-4-10-19-12-18;/h5-8,13,19H,4,9-12H2,1-3H3,(H,20,22)(H,21,23);1H. The number of hydrogen-bond donors (Lipinski definition) is 3. The lowest BCUT2D eigenvalue weighted by molar-refractivity contribution is -0.125. The summed E-state index contributed by atoms with van der Waals surface area (Å²) >= 11 is 0. The van der Waals surface area contributed by atoms with Crippen LogP contribution < -0.4 is 16.0 Å². The zero-order valence-corrected chi connectivity index (χ0v) is 15.5. The molecule has 6 heteroatoms. The molecular weight excluding hydrogens is 326 g/mol. The number of halogens is 1. The van der Waals surface area contributed by atoms with E-state index in [1.54, 1.807) is 0 Å². The van der Waals surface area contributed by atoms with Gasteiger partial charge in [0.1, 0.15) is 0 Å². The molecule has 0 bridgehead atoms. The third-order valence-corrected chi connectivity index (χ3v) is 4.17. The van der Waals surface area contributed by atoms with Crippen LogP contribution in [0, 0.1) is 11.3 Å². The fourth-order valence-electron chi connectivity index (χ4n) is 2.75. The van der Waals surface area contributed by atoms with Gasteiger partial charge in [-0.05, 0) is 56.5 Å². The molecule has 0 spiro atoms. The molecule has 1 fully saturated rings. The second-order valence-electron chi connectivity index (χ2n) is 7.02. The summed E-state index contributed by atoms with van der Waals surface area (Å²) in [6.45, 7) is 7.71. The first-order chi connectivity index (χ1) is 10.9. The number of rotatable bonds is 5. The summed E-state index contributed by atoms with van der Waals surface area (Å²) in [5.41, 5.74) is 1.14. The molecule has 1 aromatic carbocycles. The lowest BCUT2D eigenvalue weighted by Gasteiger charge is -2.32. The second-order valence-corrected chi connectivity index (χ2v) is 7.02. The van der Waals surface area contributed by atoms with Gasteiger partial charge in [-0.2, -0.15) is 0 Å². The van der Waals surface area contributed by atoms with E-state index >= 15 is 0 Å². The number of nitrogens with one attached hydrogen (secondary N) is 3. The molecule has 2 rings (SSSR count). The van der Waals surface area contributed by atoms with E-state index in [9.17, 15) is 9.59 Å². The van der Waals surface area contributed by atoms with Crippen molar-refractivity contribution >= 4 is 35.6 Å². The first kappa shape index (κ1) is 20.5. The number of amides is 2. The van der Waals surface area contributed by atoms with Gasteiger partial charge in [0.2, 0.25) is 11.8 Å². The molecule has 1 atom stereocenters. The molecule has 3 N–H and O–H groups in total. The van der Waals surface area contributed by atoms with Crippen LogP contribution in [0.2, 0.25) is 0 Å². The Morgan fingerprint density at radius 3 is 2.25 bits per heavy atom. The van der Waals surface area contributed by atoms with E-state index in [2.05, 4.69) is 16.0 Å². The first-order valence-electron chi connectivity index (χ1n) is 8.31. The maximum absolute atomic E-state index is 12.5. The van der Waals surface area contributed by atoms with Crippen LogP contribution in [0.3, 0.4) is 0 Å². The summed E-state index contributed by atoms with van der Waals surface area (Å²) in [6.07, 6.45) is 2.42. The monoisotopic (exact) mass is 353 g/mol. The highest BCUT2D eigenvalue weighted by molar-refractivity contribution is 5.96. The van der Waals surface area contributed by atoms with Gasteiger partial charge in [0.05, 0.1) is 5.41 Å². The maximum Gasteiger partial charge on any atom is 0.231 e. The van der Waals surface area contributed by atoms with Crippen LogP contribution in [0.5, 0.6) is 0 Å². The molecule has 2 amide bonds. The minimum absolute atomic E-state index is 0. The van der Waals surface area contributed by atoms with E-state index < -0.39 is 0 Å². The van der Waals surface area contributed by atoms with Gasteiger partial charge in [0, 0.05) is 24.3 Å². The van der Waals surface area contributed by atoms with Gasteiger partial charge in [0.25, 0.3) is 0 Å². The average Bonchev–Trinajstić information content (AvgIpc) is 2.49. The van der Waals surface area contributed by atoms with Gasteiger partial charge in [-0.25, -0.2) is 0 Å². The molecule has 0 aliphatic carbocycles. The minimum Gasteiger partial charge on any atom is -0.326 e. The van der Waals surface area contributed by atoms with Gasteiger partial charge >= 0.3 is 0 Å². The molecule has 134 valence electrons. The number of benzene rings is 1. The van der Waals surface area contributed by atoms with Crippen molar-refractivity contribution in [3.63, 3.8) is 0 Å². The van der Waals surface area contributed by atoms with Crippen molar-refractivity contribution in [2.24, 2.45) is 11.3 Å². The lowest BCUT2D eigenvalue weighted by Crippen LogP contribution is -2.46. The predicted molar refractivity (Wildman–Crippen MR) is 101 cm³/mol. The van der Waals surface area contributed by atoms with Gasteiger partial charge in [-0.15, -0.1) is 12.4 Å². The van der Waals surface area contributed by atoms with Gasteiger partial charge in [-0.3, -0.25) is 9.59 Å². The number of carbonyl (C=O) groups excluding carboxylic acids is 2. The van der Waals surface area contributed by atoms with E-state index in [4.69, 9.17) is 0 Å². The predicted octanol–water partition coefficient (Wildman–Crippen LogP) is 3.42. The van der Waals surface area contributed by atoms with E-state index in [1.165, 1.54) is 0 Å². The van der Waals surface area contributed by atoms with Gasteiger partial charge < -0.3 is 16.0 Å². The summed E-state index contributed by atoms with van der Waals surface area (Å²) in [6, 6.07) is 7.27. The fraction of sp³-hybridized carbons (Fsp3) is 0.556. The number of carbonyl (C=O) groups is 2. The van der Waals surface area contributed by atoms with Crippen molar-refractivity contribution < 1.29 is 9.59 Å². The lowest BCUT2D eigenvalue weighted by atomic mass is 9.82. The van der Waals surface area contributed by atoms with Crippen molar-refractivity contribution in [3.8, 4) is 0 Å². The first-order valence-corrected chi connectivity index (χ1v) is 8.31. The van der Waals surface area contributed by atoms with Crippen LogP contribution in [-0.2, 0) is 9.59 Å². The summed E-state index contributed by atoms with van der Waals surface area (Å²) in [5, 5.41) is 9.12. The Kier molecular flexibility index (Phi) is 7.70. The highest BCUT2D eigenvalue weighted by Crippen LogP contribution is 2.27. The number of anilines is 2. The SMILES string of the molecule is CC(C)CC(=O)Nc1ccc(NC(=O)C2(C)CCCNC2)cc1.Cl. The van der Waals surface area contributed by atoms with E-state index in [0.29, 0.717) is 18.9 Å². The molecule has 1 aliphatic heterocycles. The third-order valence-electron chi connectivity index (χ3n) is 4.17. The highest BCUT2D eigenvalue weighted by atomic mass is 35.5. The number of piperidine rings is 1. The molecular formula is C18H28ClN3O2. The number of hydrogen-bond acceptors (Lipinski definition) is 3. The Morgan fingerprint density at radius 1 is 1.17 bits per heavy atom. The van der Waals surface area contributed by atoms with E-state index in [-0.39, 0.29) is 29.6 Å². The zero-order chi connectivity index (χ0) is 16.9. The average molecular weight is 354 g/mol. The third kappa shape index (κ3) is 5.80. The van der Waals surface area contributed by atoms with Gasteiger partial charge in [0.15, 0.2) is 0 Å². The summed E-state index contributed by atoms with van der Waals surface area (Å²) in [7, 11) is 0. The van der Waals surface area contributed by atoms with Gasteiger partial charge in [-0.1, -0.05) is 13.8 Å². The summed E-state index contributed by atoms with van der Waals surface area (Å²) < 4.78 is 0. The van der Waals surface area contributed by atoms with Crippen LogP contribution in [0.25, 0.3) is 0 Å². The van der Waals surface area contributed by atoms with E-state index in [1.807, 2.05) is 45.0 Å². The molecule has 1 aromatic rings. The quantitative estimate of drug-likeness (QED) is 0.759. The maximum atomic E-state index is 12.5. The Labute approximate surface area is 150 Å². The molecule has 0 aromatic heterocycles. The molecule has 1 saturated heterocycles. The Bertz CT molecular complexity index is 552. The molecule has 1 heterocycles. The van der Waals surface area contributed by atoms with Crippen LogP contribution in [-0.4, -0.2) is 24.9 Å². The fourth-order valence-corrected chi connectivity index (χ4v) is 2.75. The molecule has 1 unspecified atom stereocenters.